The van der Waals surface area contributed by atoms with E-state index in [1.54, 1.807) is 13.8 Å². The number of aryl methyl sites for hydroxylation is 1. The van der Waals surface area contributed by atoms with E-state index in [0.717, 1.165) is 11.6 Å². The summed E-state index contributed by atoms with van der Waals surface area (Å²) >= 11 is 0. The van der Waals surface area contributed by atoms with E-state index in [-0.39, 0.29) is 24.5 Å². The molecule has 5 heteroatoms. The number of ether oxygens (including phenoxy) is 2. The molecule has 4 nitrogen and oxygen atoms in total. The van der Waals surface area contributed by atoms with E-state index in [1.165, 1.54) is 6.07 Å². The number of esters is 1. The molecule has 0 saturated heterocycles. The van der Waals surface area contributed by atoms with Gasteiger partial charge in [-0.25, -0.2) is 9.18 Å². The van der Waals surface area contributed by atoms with Crippen molar-refractivity contribution in [2.24, 2.45) is 0 Å². The first-order chi connectivity index (χ1) is 11.0. The number of hydrogen-bond acceptors (Lipinski definition) is 4. The summed E-state index contributed by atoms with van der Waals surface area (Å²) in [5, 5.41) is 0. The predicted molar refractivity (Wildman–Crippen MR) is 82.9 cm³/mol. The normalized spacial score (nSPS) is 10.2. The number of hydrogen-bond donors (Lipinski definition) is 0. The summed E-state index contributed by atoms with van der Waals surface area (Å²) in [7, 11) is 0. The van der Waals surface area contributed by atoms with Gasteiger partial charge in [-0.15, -0.1) is 0 Å². The first-order valence-corrected chi connectivity index (χ1v) is 7.21. The highest BCUT2D eigenvalue weighted by Gasteiger charge is 2.20. The fraction of sp³-hybridized carbons (Fsp3) is 0.222. The van der Waals surface area contributed by atoms with Gasteiger partial charge in [-0.2, -0.15) is 0 Å². The monoisotopic (exact) mass is 316 g/mol. The summed E-state index contributed by atoms with van der Waals surface area (Å²) in [6, 6.07) is 11.8. The molecule has 0 saturated carbocycles. The zero-order valence-corrected chi connectivity index (χ0v) is 13.0. The van der Waals surface area contributed by atoms with E-state index in [1.807, 2.05) is 30.3 Å². The Balaban J connectivity index is 2.17. The quantitative estimate of drug-likeness (QED) is 0.465. The standard InChI is InChI=1S/C18H17FO4/c1-3-22-18(21)16(20)14-9-12(2)17(15(19)10-14)23-11-13-7-5-4-6-8-13/h4-10H,3,11H2,1-2H3. The van der Waals surface area contributed by atoms with E-state index in [9.17, 15) is 14.0 Å². The molecular formula is C18H17FO4. The number of benzene rings is 2. The van der Waals surface area contributed by atoms with Gasteiger partial charge < -0.3 is 9.47 Å². The van der Waals surface area contributed by atoms with Crippen LogP contribution in [0.15, 0.2) is 42.5 Å². The second-order valence-corrected chi connectivity index (χ2v) is 4.93. The molecule has 0 aliphatic carbocycles. The largest absolute Gasteiger partial charge is 0.486 e. The molecule has 2 aromatic rings. The van der Waals surface area contributed by atoms with Crippen LogP contribution in [0, 0.1) is 12.7 Å². The molecule has 0 aliphatic heterocycles. The lowest BCUT2D eigenvalue weighted by molar-refractivity contribution is -0.137. The third-order valence-electron chi connectivity index (χ3n) is 3.18. The maximum absolute atomic E-state index is 14.2. The third kappa shape index (κ3) is 4.16. The minimum absolute atomic E-state index is 0.0505. The van der Waals surface area contributed by atoms with Crippen LogP contribution in [-0.4, -0.2) is 18.4 Å². The minimum atomic E-state index is -0.996. The third-order valence-corrected chi connectivity index (χ3v) is 3.18. The highest BCUT2D eigenvalue weighted by molar-refractivity contribution is 6.40. The van der Waals surface area contributed by atoms with Gasteiger partial charge in [0.05, 0.1) is 6.61 Å². The van der Waals surface area contributed by atoms with Crippen molar-refractivity contribution in [1.29, 1.82) is 0 Å². The van der Waals surface area contributed by atoms with Crippen molar-refractivity contribution >= 4 is 11.8 Å². The van der Waals surface area contributed by atoms with Gasteiger partial charge in [-0.3, -0.25) is 4.79 Å². The van der Waals surface area contributed by atoms with Crippen LogP contribution in [0.1, 0.15) is 28.4 Å². The van der Waals surface area contributed by atoms with Crippen molar-refractivity contribution in [2.75, 3.05) is 6.61 Å². The number of ketones is 1. The number of carbonyl (C=O) groups excluding carboxylic acids is 2. The summed E-state index contributed by atoms with van der Waals surface area (Å²) < 4.78 is 24.3. The van der Waals surface area contributed by atoms with Crippen molar-refractivity contribution < 1.29 is 23.5 Å². The molecule has 0 aliphatic rings. The molecule has 2 aromatic carbocycles. The number of rotatable bonds is 6. The summed E-state index contributed by atoms with van der Waals surface area (Å²) in [5.41, 5.74) is 1.29. The molecule has 0 bridgehead atoms. The van der Waals surface area contributed by atoms with Gasteiger partial charge in [0.15, 0.2) is 11.6 Å². The van der Waals surface area contributed by atoms with E-state index in [0.29, 0.717) is 5.56 Å². The Hall–Kier alpha value is -2.69. The summed E-state index contributed by atoms with van der Waals surface area (Å²) in [5.74, 6) is -2.49. The second kappa shape index (κ2) is 7.54. The number of carbonyl (C=O) groups is 2. The molecule has 2 rings (SSSR count). The van der Waals surface area contributed by atoms with Crippen molar-refractivity contribution in [3.8, 4) is 5.75 Å². The van der Waals surface area contributed by atoms with Gasteiger partial charge in [-0.1, -0.05) is 30.3 Å². The van der Waals surface area contributed by atoms with E-state index >= 15 is 0 Å². The average Bonchev–Trinajstić information content (AvgIpc) is 2.54. The SMILES string of the molecule is CCOC(=O)C(=O)c1cc(C)c(OCc2ccccc2)c(F)c1. The Kier molecular flexibility index (Phi) is 5.46. The molecule has 0 unspecified atom stereocenters. The van der Waals surface area contributed by atoms with Crippen LogP contribution in [0.2, 0.25) is 0 Å². The molecule has 0 spiro atoms. The minimum Gasteiger partial charge on any atom is -0.486 e. The second-order valence-electron chi connectivity index (χ2n) is 4.93. The molecule has 0 amide bonds. The van der Waals surface area contributed by atoms with Crippen LogP contribution >= 0.6 is 0 Å². The molecule has 0 radical (unpaired) electrons. The number of halogens is 1. The topological polar surface area (TPSA) is 52.6 Å². The molecule has 0 fully saturated rings. The first kappa shape index (κ1) is 16.7. The zero-order chi connectivity index (χ0) is 16.8. The van der Waals surface area contributed by atoms with Crippen LogP contribution in [0.5, 0.6) is 5.75 Å². The average molecular weight is 316 g/mol. The Bertz CT molecular complexity index is 687. The van der Waals surface area contributed by atoms with Crippen LogP contribution < -0.4 is 4.74 Å². The molecule has 120 valence electrons. The van der Waals surface area contributed by atoms with Crippen LogP contribution in [0.25, 0.3) is 0 Å². The molecule has 0 heterocycles. The summed E-state index contributed by atoms with van der Waals surface area (Å²) in [4.78, 5) is 23.3. The van der Waals surface area contributed by atoms with Gasteiger partial charge in [0.25, 0.3) is 5.78 Å². The lowest BCUT2D eigenvalue weighted by atomic mass is 10.1. The van der Waals surface area contributed by atoms with Crippen LogP contribution in [0.4, 0.5) is 4.39 Å². The van der Waals surface area contributed by atoms with Crippen LogP contribution in [-0.2, 0) is 16.1 Å². The maximum Gasteiger partial charge on any atom is 0.379 e. The van der Waals surface area contributed by atoms with Crippen molar-refractivity contribution in [2.45, 2.75) is 20.5 Å². The van der Waals surface area contributed by atoms with E-state index < -0.39 is 17.6 Å². The molecule has 0 N–H and O–H groups in total. The zero-order valence-electron chi connectivity index (χ0n) is 13.0. The summed E-state index contributed by atoms with van der Waals surface area (Å²) in [6.45, 7) is 3.51. The molecule has 0 atom stereocenters. The fourth-order valence-corrected chi connectivity index (χ4v) is 2.09. The summed E-state index contributed by atoms with van der Waals surface area (Å²) in [6.07, 6.45) is 0. The van der Waals surface area contributed by atoms with Gasteiger partial charge in [0.2, 0.25) is 0 Å². The van der Waals surface area contributed by atoms with E-state index in [4.69, 9.17) is 4.74 Å². The molecule has 23 heavy (non-hydrogen) atoms. The maximum atomic E-state index is 14.2. The smallest absolute Gasteiger partial charge is 0.379 e. The highest BCUT2D eigenvalue weighted by atomic mass is 19.1. The van der Waals surface area contributed by atoms with Gasteiger partial charge >= 0.3 is 5.97 Å². The van der Waals surface area contributed by atoms with Crippen molar-refractivity contribution in [1.82, 2.24) is 0 Å². The Morgan fingerprint density at radius 1 is 1.13 bits per heavy atom. The fourth-order valence-electron chi connectivity index (χ4n) is 2.09. The van der Waals surface area contributed by atoms with Gasteiger partial charge in [0.1, 0.15) is 6.61 Å². The van der Waals surface area contributed by atoms with Crippen molar-refractivity contribution in [3.05, 3.63) is 65.0 Å². The van der Waals surface area contributed by atoms with E-state index in [2.05, 4.69) is 4.74 Å². The van der Waals surface area contributed by atoms with Crippen LogP contribution in [0.3, 0.4) is 0 Å². The Labute approximate surface area is 133 Å². The first-order valence-electron chi connectivity index (χ1n) is 7.21. The van der Waals surface area contributed by atoms with Gasteiger partial charge in [0, 0.05) is 5.56 Å². The Morgan fingerprint density at radius 3 is 2.43 bits per heavy atom. The molecular weight excluding hydrogens is 299 g/mol. The lowest BCUT2D eigenvalue weighted by Crippen LogP contribution is -2.18. The predicted octanol–water partition coefficient (Wildman–Crippen LogP) is 3.46. The lowest BCUT2D eigenvalue weighted by Gasteiger charge is -2.11. The highest BCUT2D eigenvalue weighted by Crippen LogP contribution is 2.25. The number of Topliss-reactive ketones (excluding diaryl/α,β-unsaturated/α-hetero) is 1. The van der Waals surface area contributed by atoms with Gasteiger partial charge in [-0.05, 0) is 37.1 Å². The Morgan fingerprint density at radius 2 is 1.83 bits per heavy atom. The molecule has 0 aromatic heterocycles. The van der Waals surface area contributed by atoms with Crippen molar-refractivity contribution in [3.63, 3.8) is 0 Å².